The second-order valence-corrected chi connectivity index (χ2v) is 7.43. The number of halogens is 1. The predicted octanol–water partition coefficient (Wildman–Crippen LogP) is 4.20. The van der Waals surface area contributed by atoms with Gasteiger partial charge in [0.15, 0.2) is 0 Å². The number of carbonyl (C=O) groups is 1. The van der Waals surface area contributed by atoms with Crippen molar-refractivity contribution < 1.29 is 18.7 Å². The van der Waals surface area contributed by atoms with Gasteiger partial charge >= 0.3 is 5.97 Å². The van der Waals surface area contributed by atoms with Gasteiger partial charge in [0, 0.05) is 31.7 Å². The summed E-state index contributed by atoms with van der Waals surface area (Å²) < 4.78 is 12.0. The first-order chi connectivity index (χ1) is 12.1. The Morgan fingerprint density at radius 1 is 1.36 bits per heavy atom. The van der Waals surface area contributed by atoms with E-state index in [0.717, 1.165) is 48.0 Å². The van der Waals surface area contributed by atoms with E-state index in [4.69, 9.17) is 8.83 Å². The van der Waals surface area contributed by atoms with Crippen LogP contribution in [0.1, 0.15) is 37.8 Å². The number of carboxylic acids is 1. The average molecular weight is 428 g/mol. The van der Waals surface area contributed by atoms with Gasteiger partial charge in [0.2, 0.25) is 11.8 Å². The summed E-state index contributed by atoms with van der Waals surface area (Å²) in [7, 11) is 0. The lowest BCUT2D eigenvalue weighted by molar-refractivity contribution is -0.131. The highest BCUT2D eigenvalue weighted by Gasteiger charge is 2.20. The molecule has 0 aromatic carbocycles. The molecule has 1 saturated heterocycles. The van der Waals surface area contributed by atoms with E-state index in [0.29, 0.717) is 18.1 Å². The highest BCUT2D eigenvalue weighted by atomic mass is 79.9. The maximum absolute atomic E-state index is 11.5. The highest BCUT2D eigenvalue weighted by Crippen LogP contribution is 2.35. The summed E-state index contributed by atoms with van der Waals surface area (Å²) in [4.78, 5) is 13.8. The SMILES string of the molecule is CCc1nnc(S/C(=C\c2cc(Br)c(N3CCCCC3)o2)C(=O)O)o1. The molecule has 1 fully saturated rings. The zero-order chi connectivity index (χ0) is 17.8. The van der Waals surface area contributed by atoms with E-state index in [2.05, 4.69) is 31.0 Å². The van der Waals surface area contributed by atoms with Crippen LogP contribution in [0.3, 0.4) is 0 Å². The maximum atomic E-state index is 11.5. The lowest BCUT2D eigenvalue weighted by Crippen LogP contribution is -2.29. The Morgan fingerprint density at radius 2 is 2.12 bits per heavy atom. The standard InChI is InChI=1S/C16H18BrN3O4S/c1-2-13-18-19-16(24-13)25-12(15(21)22)9-10-8-11(17)14(23-10)20-6-4-3-5-7-20/h8-9H,2-7H2,1H3,(H,21,22)/b12-9-. The summed E-state index contributed by atoms with van der Waals surface area (Å²) in [6, 6.07) is 1.78. The van der Waals surface area contributed by atoms with Crippen molar-refractivity contribution >= 4 is 45.6 Å². The molecule has 0 spiro atoms. The number of aromatic nitrogens is 2. The number of thioether (sulfide) groups is 1. The molecule has 2 aromatic heterocycles. The molecular formula is C16H18BrN3O4S. The van der Waals surface area contributed by atoms with Crippen LogP contribution in [0.15, 0.2) is 29.5 Å². The van der Waals surface area contributed by atoms with Crippen molar-refractivity contribution in [3.8, 4) is 0 Å². The third kappa shape index (κ3) is 4.46. The number of furan rings is 1. The van der Waals surface area contributed by atoms with Gasteiger partial charge in [-0.05, 0) is 47.0 Å². The molecule has 0 radical (unpaired) electrons. The fourth-order valence-corrected chi connectivity index (χ4v) is 3.77. The first-order valence-corrected chi connectivity index (χ1v) is 9.67. The molecule has 2 aromatic rings. The Hall–Kier alpha value is -1.74. The monoisotopic (exact) mass is 427 g/mol. The van der Waals surface area contributed by atoms with E-state index in [1.54, 1.807) is 6.07 Å². The highest BCUT2D eigenvalue weighted by molar-refractivity contribution is 9.10. The summed E-state index contributed by atoms with van der Waals surface area (Å²) in [5.41, 5.74) is 0. The van der Waals surface area contributed by atoms with E-state index in [1.165, 1.54) is 12.5 Å². The van der Waals surface area contributed by atoms with Crippen molar-refractivity contribution in [3.63, 3.8) is 0 Å². The number of aryl methyl sites for hydroxylation is 1. The van der Waals surface area contributed by atoms with E-state index in [1.807, 2.05) is 6.92 Å². The largest absolute Gasteiger partial charge is 0.477 e. The molecule has 0 atom stereocenters. The number of rotatable bonds is 6. The number of anilines is 1. The summed E-state index contributed by atoms with van der Waals surface area (Å²) >= 11 is 4.41. The summed E-state index contributed by atoms with van der Waals surface area (Å²) in [5, 5.41) is 17.3. The first-order valence-electron chi connectivity index (χ1n) is 8.06. The zero-order valence-electron chi connectivity index (χ0n) is 13.7. The van der Waals surface area contributed by atoms with Crippen molar-refractivity contribution in [2.24, 2.45) is 0 Å². The molecule has 3 heterocycles. The zero-order valence-corrected chi connectivity index (χ0v) is 16.1. The molecule has 0 amide bonds. The second kappa shape index (κ2) is 8.09. The number of carboxylic acid groups (broad SMARTS) is 1. The summed E-state index contributed by atoms with van der Waals surface area (Å²) in [5.74, 6) is 0.605. The Kier molecular flexibility index (Phi) is 5.85. The van der Waals surface area contributed by atoms with Crippen LogP contribution in [-0.2, 0) is 11.2 Å². The Bertz CT molecular complexity index is 780. The van der Waals surface area contributed by atoms with Crippen molar-refractivity contribution in [1.82, 2.24) is 10.2 Å². The fourth-order valence-electron chi connectivity index (χ4n) is 2.54. The van der Waals surface area contributed by atoms with Crippen LogP contribution in [0.25, 0.3) is 6.08 Å². The number of piperidine rings is 1. The van der Waals surface area contributed by atoms with Crippen molar-refractivity contribution in [3.05, 3.63) is 27.1 Å². The van der Waals surface area contributed by atoms with Crippen LogP contribution in [0.2, 0.25) is 0 Å². The van der Waals surface area contributed by atoms with E-state index in [9.17, 15) is 9.90 Å². The van der Waals surface area contributed by atoms with Gasteiger partial charge < -0.3 is 18.8 Å². The van der Waals surface area contributed by atoms with Crippen LogP contribution < -0.4 is 4.90 Å². The fraction of sp³-hybridized carbons (Fsp3) is 0.438. The van der Waals surface area contributed by atoms with Gasteiger partial charge in [-0.15, -0.1) is 10.2 Å². The van der Waals surface area contributed by atoms with Gasteiger partial charge in [-0.1, -0.05) is 6.92 Å². The molecule has 0 bridgehead atoms. The van der Waals surface area contributed by atoms with Crippen molar-refractivity contribution in [1.29, 1.82) is 0 Å². The Labute approximate surface area is 157 Å². The number of hydrogen-bond acceptors (Lipinski definition) is 7. The molecule has 0 aliphatic carbocycles. The van der Waals surface area contributed by atoms with Gasteiger partial charge in [0.25, 0.3) is 5.22 Å². The molecule has 25 heavy (non-hydrogen) atoms. The first kappa shape index (κ1) is 18.1. The molecule has 0 unspecified atom stereocenters. The van der Waals surface area contributed by atoms with Gasteiger partial charge in [0.05, 0.1) is 4.47 Å². The third-order valence-corrected chi connectivity index (χ3v) is 5.18. The second-order valence-electron chi connectivity index (χ2n) is 5.58. The number of hydrogen-bond donors (Lipinski definition) is 1. The van der Waals surface area contributed by atoms with E-state index in [-0.39, 0.29) is 10.1 Å². The summed E-state index contributed by atoms with van der Waals surface area (Å²) in [6.45, 7) is 3.77. The minimum atomic E-state index is -1.08. The minimum Gasteiger partial charge on any atom is -0.477 e. The number of nitrogens with zero attached hydrogens (tertiary/aromatic N) is 3. The third-order valence-electron chi connectivity index (χ3n) is 3.76. The van der Waals surface area contributed by atoms with Gasteiger partial charge in [-0.2, -0.15) is 0 Å². The Balaban J connectivity index is 1.81. The topological polar surface area (TPSA) is 92.6 Å². The quantitative estimate of drug-likeness (QED) is 0.541. The van der Waals surface area contributed by atoms with E-state index >= 15 is 0 Å². The molecular weight excluding hydrogens is 410 g/mol. The molecule has 1 aliphatic heterocycles. The van der Waals surface area contributed by atoms with Gasteiger partial charge in [-0.3, -0.25) is 0 Å². The van der Waals surface area contributed by atoms with E-state index < -0.39 is 5.97 Å². The van der Waals surface area contributed by atoms with Crippen LogP contribution in [0.4, 0.5) is 5.88 Å². The Morgan fingerprint density at radius 3 is 2.76 bits per heavy atom. The molecule has 1 aliphatic rings. The van der Waals surface area contributed by atoms with Crippen LogP contribution in [0, 0.1) is 0 Å². The molecule has 9 heteroatoms. The molecule has 134 valence electrons. The molecule has 3 rings (SSSR count). The summed E-state index contributed by atoms with van der Waals surface area (Å²) in [6.07, 6.45) is 5.56. The lowest BCUT2D eigenvalue weighted by atomic mass is 10.1. The molecule has 0 saturated carbocycles. The van der Waals surface area contributed by atoms with Crippen LogP contribution >= 0.6 is 27.7 Å². The molecule has 1 N–H and O–H groups in total. The average Bonchev–Trinajstić information content (AvgIpc) is 3.21. The van der Waals surface area contributed by atoms with Crippen molar-refractivity contribution in [2.75, 3.05) is 18.0 Å². The van der Waals surface area contributed by atoms with Gasteiger partial charge in [-0.25, -0.2) is 4.79 Å². The van der Waals surface area contributed by atoms with Crippen LogP contribution in [-0.4, -0.2) is 34.4 Å². The van der Waals surface area contributed by atoms with Gasteiger partial charge in [0.1, 0.15) is 10.7 Å². The molecule has 7 nitrogen and oxygen atoms in total. The minimum absolute atomic E-state index is 0.0535. The smallest absolute Gasteiger partial charge is 0.342 e. The number of aliphatic carboxylic acids is 1. The van der Waals surface area contributed by atoms with Crippen molar-refractivity contribution in [2.45, 2.75) is 37.8 Å². The normalized spacial score (nSPS) is 15.6. The predicted molar refractivity (Wildman–Crippen MR) is 97.6 cm³/mol. The lowest BCUT2D eigenvalue weighted by Gasteiger charge is -2.26. The van der Waals surface area contributed by atoms with Crippen LogP contribution in [0.5, 0.6) is 0 Å². The maximum Gasteiger partial charge on any atom is 0.342 e.